The zero-order chi connectivity index (χ0) is 44.6. The fourth-order valence-corrected chi connectivity index (χ4v) is 8.19. The molecule has 324 valence electrons. The summed E-state index contributed by atoms with van der Waals surface area (Å²) in [7, 11) is 1.98. The summed E-state index contributed by atoms with van der Waals surface area (Å²) in [5.41, 5.74) is -1.30. The van der Waals surface area contributed by atoms with Crippen molar-refractivity contribution in [3.8, 4) is 11.1 Å². The molecule has 3 atom stereocenters. The zero-order valence-corrected chi connectivity index (χ0v) is 34.0. The molecule has 0 saturated carbocycles. The van der Waals surface area contributed by atoms with E-state index in [0.29, 0.717) is 55.9 Å². The largest absolute Gasteiger partial charge is 0.417 e. The van der Waals surface area contributed by atoms with E-state index in [1.54, 1.807) is 24.3 Å². The average Bonchev–Trinajstić information content (AvgIpc) is 3.47. The van der Waals surface area contributed by atoms with E-state index < -0.39 is 70.2 Å². The number of carbonyl (C=O) groups is 6. The minimum absolute atomic E-state index is 0.00658. The van der Waals surface area contributed by atoms with Gasteiger partial charge in [0.2, 0.25) is 17.4 Å². The van der Waals surface area contributed by atoms with Crippen LogP contribution < -0.4 is 26.4 Å². The number of likely N-dealkylation sites (N-methyl/N-ethyl adjacent to an activating group) is 1. The number of hydrogen-bond donors (Lipinski definition) is 4. The van der Waals surface area contributed by atoms with Gasteiger partial charge in [-0.05, 0) is 88.0 Å². The fraction of sp³-hybridized carbons (Fsp3) is 0.341. The molecule has 14 nitrogen and oxygen atoms in total. The van der Waals surface area contributed by atoms with Crippen molar-refractivity contribution >= 4 is 46.8 Å². The molecule has 4 heterocycles. The predicted molar refractivity (Wildman–Crippen MR) is 219 cm³/mol. The number of halogens is 4. The van der Waals surface area contributed by atoms with E-state index in [2.05, 4.69) is 25.8 Å². The Morgan fingerprint density at radius 3 is 2.31 bits per heavy atom. The van der Waals surface area contributed by atoms with Gasteiger partial charge in [0.25, 0.3) is 23.6 Å². The quantitative estimate of drug-likeness (QED) is 0.0904. The monoisotopic (exact) mass is 857 g/mol. The molecule has 0 spiro atoms. The molecule has 4 aromatic rings. The molecule has 6 amide bonds. The number of aromatic amines is 1. The Balaban J connectivity index is 1.03. The third-order valence-corrected chi connectivity index (χ3v) is 11.7. The normalized spacial score (nSPS) is 19.4. The van der Waals surface area contributed by atoms with Crippen LogP contribution in [0.15, 0.2) is 71.7 Å². The molecular weight excluding hydrogens is 815 g/mol. The summed E-state index contributed by atoms with van der Waals surface area (Å²) >= 11 is 0. The number of aryl methyl sites for hydroxylation is 1. The highest BCUT2D eigenvalue weighted by Gasteiger charge is 2.45. The molecule has 3 aliphatic heterocycles. The number of nitrogens with one attached hydrogen (secondary N) is 4. The molecule has 2 fully saturated rings. The first-order valence-corrected chi connectivity index (χ1v) is 20.1. The van der Waals surface area contributed by atoms with Crippen LogP contribution in [0.1, 0.15) is 92.1 Å². The Morgan fingerprint density at radius 2 is 1.61 bits per heavy atom. The number of carbonyl (C=O) groups excluding carboxylic acids is 6. The van der Waals surface area contributed by atoms with Gasteiger partial charge in [0, 0.05) is 61.5 Å². The second-order valence-corrected chi connectivity index (χ2v) is 15.8. The van der Waals surface area contributed by atoms with Crippen LogP contribution in [0.4, 0.5) is 28.9 Å². The Hall–Kier alpha value is -6.69. The van der Waals surface area contributed by atoms with Crippen LogP contribution in [-0.4, -0.2) is 95.0 Å². The third-order valence-electron chi connectivity index (χ3n) is 11.7. The number of anilines is 2. The topological polar surface area (TPSA) is 181 Å². The smallest absolute Gasteiger partial charge is 0.367 e. The lowest BCUT2D eigenvalue weighted by molar-refractivity contribution is -0.138. The number of rotatable bonds is 11. The molecule has 0 radical (unpaired) electrons. The Kier molecular flexibility index (Phi) is 12.1. The van der Waals surface area contributed by atoms with Gasteiger partial charge in [-0.1, -0.05) is 24.3 Å². The maximum absolute atomic E-state index is 15.8. The predicted octanol–water partition coefficient (Wildman–Crippen LogP) is 5.13. The van der Waals surface area contributed by atoms with E-state index in [1.807, 2.05) is 25.8 Å². The van der Waals surface area contributed by atoms with Crippen molar-refractivity contribution in [2.75, 3.05) is 36.9 Å². The summed E-state index contributed by atoms with van der Waals surface area (Å²) in [6.45, 7) is 5.28. The number of unbranched alkanes of at least 4 members (excludes halogenated alkanes) is 1. The number of piperazine rings is 1. The lowest BCUT2D eigenvalue weighted by Gasteiger charge is -2.44. The summed E-state index contributed by atoms with van der Waals surface area (Å²) in [5.74, 6) is -4.83. The molecule has 3 aliphatic rings. The van der Waals surface area contributed by atoms with E-state index >= 15 is 4.39 Å². The van der Waals surface area contributed by atoms with Gasteiger partial charge in [0.15, 0.2) is 0 Å². The number of amides is 6. The first-order chi connectivity index (χ1) is 29.4. The Labute approximate surface area is 352 Å². The number of nitrogens with zero attached hydrogens (tertiary/aromatic N) is 3. The van der Waals surface area contributed by atoms with Crippen LogP contribution in [0.5, 0.6) is 0 Å². The summed E-state index contributed by atoms with van der Waals surface area (Å²) in [6.07, 6.45) is -2.90. The number of piperidine rings is 1. The van der Waals surface area contributed by atoms with Crippen LogP contribution in [0.3, 0.4) is 0 Å². The summed E-state index contributed by atoms with van der Waals surface area (Å²) in [4.78, 5) is 96.1. The first kappa shape index (κ1) is 43.4. The van der Waals surface area contributed by atoms with Crippen molar-refractivity contribution < 1.29 is 46.3 Å². The van der Waals surface area contributed by atoms with Gasteiger partial charge in [-0.3, -0.25) is 48.7 Å². The van der Waals surface area contributed by atoms with Gasteiger partial charge >= 0.3 is 6.18 Å². The van der Waals surface area contributed by atoms with Crippen LogP contribution >= 0.6 is 0 Å². The Morgan fingerprint density at radius 1 is 0.871 bits per heavy atom. The molecule has 0 bridgehead atoms. The van der Waals surface area contributed by atoms with Crippen molar-refractivity contribution in [1.82, 2.24) is 25.4 Å². The highest BCUT2D eigenvalue weighted by molar-refractivity contribution is 6.24. The number of imide groups is 2. The third kappa shape index (κ3) is 8.72. The molecule has 3 aromatic carbocycles. The van der Waals surface area contributed by atoms with Gasteiger partial charge in [0.1, 0.15) is 11.9 Å². The SMILES string of the molecule is C[C@@H]1CN(c2ccc(-c3ccc(C(=O)NCCCCc4cccc5c4C(=O)N(C4CCC(=O)NC4=O)C5=O)cc3F)cc2NC(=O)c2c[nH]c(=O)cc2C(F)(F)F)C[C@H](C)N1C. The number of hydrogen-bond acceptors (Lipinski definition) is 9. The maximum Gasteiger partial charge on any atom is 0.417 e. The molecule has 0 aliphatic carbocycles. The second-order valence-electron chi connectivity index (χ2n) is 15.8. The van der Waals surface area contributed by atoms with E-state index in [-0.39, 0.29) is 65.0 Å². The van der Waals surface area contributed by atoms with E-state index in [9.17, 15) is 46.7 Å². The van der Waals surface area contributed by atoms with Gasteiger partial charge in [0.05, 0.1) is 33.6 Å². The average molecular weight is 858 g/mol. The molecule has 1 unspecified atom stereocenters. The van der Waals surface area contributed by atoms with Crippen LogP contribution in [-0.2, 0) is 22.2 Å². The first-order valence-electron chi connectivity index (χ1n) is 20.1. The number of alkyl halides is 3. The van der Waals surface area contributed by atoms with Crippen molar-refractivity contribution in [2.45, 2.75) is 70.3 Å². The van der Waals surface area contributed by atoms with Crippen molar-refractivity contribution in [1.29, 1.82) is 0 Å². The number of fused-ring (bicyclic) bond motifs is 1. The van der Waals surface area contributed by atoms with Crippen molar-refractivity contribution in [3.63, 3.8) is 0 Å². The van der Waals surface area contributed by atoms with Crippen molar-refractivity contribution in [2.24, 2.45) is 0 Å². The summed E-state index contributed by atoms with van der Waals surface area (Å²) in [5, 5.41) is 7.50. The standard InChI is InChI=1S/C44H43F4N7O7/c1-23-21-54(22-24(2)53(23)3)34-13-11-26(18-33(34)51-40(59)30-20-50-37(57)19-31(30)44(46,47)48)28-12-10-27(17-32(28)45)39(58)49-16-5-4-7-25-8-6-9-29-38(25)43(62)55(42(29)61)35-14-15-36(56)52-41(35)60/h6,8-13,17-20,23-24,35H,4-5,7,14-16,21-22H2,1-3H3,(H,49,58)(H,50,57)(H,51,59)(H,52,56,60)/t23-,24+,35?. The molecule has 62 heavy (non-hydrogen) atoms. The molecule has 4 N–H and O–H groups in total. The molecule has 7 rings (SSSR count). The summed E-state index contributed by atoms with van der Waals surface area (Å²) in [6, 6.07) is 12.9. The molecule has 1 aromatic heterocycles. The lowest BCUT2D eigenvalue weighted by atomic mass is 9.98. The van der Waals surface area contributed by atoms with Gasteiger partial charge in [-0.15, -0.1) is 0 Å². The summed E-state index contributed by atoms with van der Waals surface area (Å²) < 4.78 is 57.5. The zero-order valence-electron chi connectivity index (χ0n) is 34.0. The van der Waals surface area contributed by atoms with Crippen molar-refractivity contribution in [3.05, 3.63) is 116 Å². The number of aromatic nitrogens is 1. The van der Waals surface area contributed by atoms with Crippen LogP contribution in [0.25, 0.3) is 11.1 Å². The minimum Gasteiger partial charge on any atom is -0.367 e. The van der Waals surface area contributed by atoms with Gasteiger partial charge in [-0.2, -0.15) is 13.2 Å². The van der Waals surface area contributed by atoms with Crippen LogP contribution in [0, 0.1) is 5.82 Å². The molecule has 2 saturated heterocycles. The van der Waals surface area contributed by atoms with Crippen LogP contribution in [0.2, 0.25) is 0 Å². The molecular formula is C44H43F4N7O7. The number of benzene rings is 3. The minimum atomic E-state index is -5.00. The number of pyridine rings is 1. The maximum atomic E-state index is 15.8. The van der Waals surface area contributed by atoms with Gasteiger partial charge < -0.3 is 20.5 Å². The highest BCUT2D eigenvalue weighted by Crippen LogP contribution is 2.37. The van der Waals surface area contributed by atoms with E-state index in [4.69, 9.17) is 0 Å². The number of H-pyrrole nitrogens is 1. The lowest BCUT2D eigenvalue weighted by Crippen LogP contribution is -2.55. The van der Waals surface area contributed by atoms with E-state index in [0.717, 1.165) is 11.0 Å². The van der Waals surface area contributed by atoms with E-state index in [1.165, 1.54) is 24.3 Å². The molecule has 18 heteroatoms. The Bertz CT molecular complexity index is 2550. The van der Waals surface area contributed by atoms with Gasteiger partial charge in [-0.25, -0.2) is 4.39 Å². The second kappa shape index (κ2) is 17.4. The highest BCUT2D eigenvalue weighted by atomic mass is 19.4. The fourth-order valence-electron chi connectivity index (χ4n) is 8.19.